The second-order valence-corrected chi connectivity index (χ2v) is 8.94. The topological polar surface area (TPSA) is 86.3 Å². The summed E-state index contributed by atoms with van der Waals surface area (Å²) < 4.78 is 0. The third-order valence-corrected chi connectivity index (χ3v) is 6.95. The van der Waals surface area contributed by atoms with E-state index in [-0.39, 0.29) is 17.6 Å². The molecule has 1 saturated carbocycles. The first-order valence-corrected chi connectivity index (χ1v) is 10.2. The Morgan fingerprint density at radius 3 is 2.73 bits per heavy atom. The summed E-state index contributed by atoms with van der Waals surface area (Å²) in [5.74, 6) is 0.386. The lowest BCUT2D eigenvalue weighted by Gasteiger charge is -2.31. The summed E-state index contributed by atoms with van der Waals surface area (Å²) in [6.45, 7) is 5.90. The Morgan fingerprint density at radius 2 is 2.08 bits per heavy atom. The zero-order chi connectivity index (χ0) is 18.6. The van der Waals surface area contributed by atoms with Crippen molar-refractivity contribution in [2.75, 3.05) is 0 Å². The van der Waals surface area contributed by atoms with Crippen LogP contribution in [-0.4, -0.2) is 38.0 Å². The lowest BCUT2D eigenvalue weighted by Crippen LogP contribution is -2.43. The number of thiophene rings is 1. The first-order valence-electron chi connectivity index (χ1n) is 9.41. The summed E-state index contributed by atoms with van der Waals surface area (Å²) in [5, 5.41) is 10.2. The third kappa shape index (κ3) is 2.97. The van der Waals surface area contributed by atoms with Gasteiger partial charge in [-0.05, 0) is 57.4 Å². The molecule has 0 amide bonds. The van der Waals surface area contributed by atoms with Crippen LogP contribution in [0, 0.1) is 5.92 Å². The molecule has 2 aromatic heterocycles. The minimum absolute atomic E-state index is 0.0809. The Kier molecular flexibility index (Phi) is 4.39. The molecule has 2 aliphatic rings. The second kappa shape index (κ2) is 6.46. The van der Waals surface area contributed by atoms with Gasteiger partial charge in [0.2, 0.25) is 0 Å². The Balaban J connectivity index is 1.75. The number of aryl methyl sites for hydroxylation is 1. The van der Waals surface area contributed by atoms with Crippen molar-refractivity contribution < 1.29 is 9.90 Å². The van der Waals surface area contributed by atoms with Gasteiger partial charge in [-0.1, -0.05) is 6.92 Å². The molecule has 0 saturated heterocycles. The number of carboxylic acids is 1. The minimum Gasteiger partial charge on any atom is -0.480 e. The number of aromatic nitrogens is 2. The molecule has 3 unspecified atom stereocenters. The summed E-state index contributed by atoms with van der Waals surface area (Å²) in [5.41, 5.74) is 1.09. The number of nitrogens with one attached hydrogen (secondary N) is 1. The van der Waals surface area contributed by atoms with Crippen LogP contribution in [0.4, 0.5) is 0 Å². The van der Waals surface area contributed by atoms with Gasteiger partial charge >= 0.3 is 5.97 Å². The summed E-state index contributed by atoms with van der Waals surface area (Å²) in [4.78, 5) is 36.1. The van der Waals surface area contributed by atoms with Crippen molar-refractivity contribution >= 4 is 27.5 Å². The van der Waals surface area contributed by atoms with Gasteiger partial charge in [0.25, 0.3) is 5.56 Å². The van der Waals surface area contributed by atoms with E-state index in [0.717, 1.165) is 42.3 Å². The van der Waals surface area contributed by atoms with Crippen LogP contribution in [0.5, 0.6) is 0 Å². The molecule has 2 aliphatic carbocycles. The van der Waals surface area contributed by atoms with Gasteiger partial charge in [0.05, 0.1) is 11.4 Å². The summed E-state index contributed by atoms with van der Waals surface area (Å²) in [6, 6.07) is -0.575. The SMILES string of the molecule is CC1CCc2c(sc3nc(C(C)N(C4CC4)C(C)C(=O)O)[nH]c(=O)c23)C1. The van der Waals surface area contributed by atoms with Gasteiger partial charge in [-0.3, -0.25) is 14.5 Å². The zero-order valence-corrected chi connectivity index (χ0v) is 16.2. The Labute approximate surface area is 156 Å². The van der Waals surface area contributed by atoms with E-state index in [4.69, 9.17) is 4.98 Å². The molecule has 2 N–H and O–H groups in total. The normalized spacial score (nSPS) is 22.4. The predicted octanol–water partition coefficient (Wildman–Crippen LogP) is 3.11. The van der Waals surface area contributed by atoms with E-state index in [1.54, 1.807) is 18.3 Å². The number of carbonyl (C=O) groups is 1. The fraction of sp³-hybridized carbons (Fsp3) is 0.632. The van der Waals surface area contributed by atoms with Crippen molar-refractivity contribution in [1.29, 1.82) is 0 Å². The highest BCUT2D eigenvalue weighted by atomic mass is 32.1. The standard InChI is InChI=1S/C19H25N3O3S/c1-9-4-7-13-14(8-9)26-18-15(13)17(23)20-16(21-18)10(2)22(12-5-6-12)11(3)19(24)25/h9-12H,4-8H2,1-3H3,(H,24,25)(H,20,21,23). The van der Waals surface area contributed by atoms with Crippen LogP contribution in [0.3, 0.4) is 0 Å². The molecule has 0 spiro atoms. The third-order valence-electron chi connectivity index (χ3n) is 5.80. The Morgan fingerprint density at radius 1 is 1.35 bits per heavy atom. The number of nitrogens with zero attached hydrogens (tertiary/aromatic N) is 2. The predicted molar refractivity (Wildman–Crippen MR) is 102 cm³/mol. The average Bonchev–Trinajstić information content (AvgIpc) is 3.34. The van der Waals surface area contributed by atoms with E-state index < -0.39 is 12.0 Å². The quantitative estimate of drug-likeness (QED) is 0.839. The highest BCUT2D eigenvalue weighted by Gasteiger charge is 2.39. The summed E-state index contributed by atoms with van der Waals surface area (Å²) in [6.07, 6.45) is 5.08. The number of aliphatic carboxylic acids is 1. The molecule has 3 atom stereocenters. The Bertz CT molecular complexity index is 915. The smallest absolute Gasteiger partial charge is 0.320 e. The molecule has 2 heterocycles. The molecule has 7 heteroatoms. The van der Waals surface area contributed by atoms with Gasteiger partial charge < -0.3 is 10.1 Å². The largest absolute Gasteiger partial charge is 0.480 e. The van der Waals surface area contributed by atoms with E-state index in [9.17, 15) is 14.7 Å². The molecule has 140 valence electrons. The van der Waals surface area contributed by atoms with E-state index in [2.05, 4.69) is 11.9 Å². The molecular weight excluding hydrogens is 350 g/mol. The van der Waals surface area contributed by atoms with Crippen LogP contribution in [0.15, 0.2) is 4.79 Å². The fourth-order valence-electron chi connectivity index (χ4n) is 4.17. The number of rotatable bonds is 5. The zero-order valence-electron chi connectivity index (χ0n) is 15.4. The van der Waals surface area contributed by atoms with Crippen LogP contribution in [-0.2, 0) is 17.6 Å². The number of hydrogen-bond acceptors (Lipinski definition) is 5. The van der Waals surface area contributed by atoms with Crippen molar-refractivity contribution in [3.8, 4) is 0 Å². The van der Waals surface area contributed by atoms with Gasteiger partial charge in [-0.25, -0.2) is 4.98 Å². The van der Waals surface area contributed by atoms with E-state index >= 15 is 0 Å². The lowest BCUT2D eigenvalue weighted by molar-refractivity contribution is -0.143. The highest BCUT2D eigenvalue weighted by Crippen LogP contribution is 2.38. The molecule has 1 fully saturated rings. The average molecular weight is 375 g/mol. The maximum absolute atomic E-state index is 12.8. The number of fused-ring (bicyclic) bond motifs is 3. The van der Waals surface area contributed by atoms with Gasteiger partial charge in [0, 0.05) is 10.9 Å². The number of hydrogen-bond donors (Lipinski definition) is 2. The second-order valence-electron chi connectivity index (χ2n) is 7.85. The van der Waals surface area contributed by atoms with Crippen molar-refractivity contribution in [2.24, 2.45) is 5.92 Å². The van der Waals surface area contributed by atoms with Crippen LogP contribution < -0.4 is 5.56 Å². The minimum atomic E-state index is -0.840. The maximum Gasteiger partial charge on any atom is 0.320 e. The fourth-order valence-corrected chi connectivity index (χ4v) is 5.56. The molecule has 2 aromatic rings. The van der Waals surface area contributed by atoms with E-state index in [1.165, 1.54) is 10.4 Å². The molecule has 0 bridgehead atoms. The number of carboxylic acid groups (broad SMARTS) is 1. The number of aromatic amines is 1. The van der Waals surface area contributed by atoms with Crippen molar-refractivity contribution in [2.45, 2.75) is 71.0 Å². The van der Waals surface area contributed by atoms with Crippen LogP contribution in [0.25, 0.3) is 10.2 Å². The van der Waals surface area contributed by atoms with Crippen molar-refractivity contribution in [3.05, 3.63) is 26.6 Å². The molecule has 0 aromatic carbocycles. The molecular formula is C19H25N3O3S. The molecule has 0 aliphatic heterocycles. The molecule has 0 radical (unpaired) electrons. The van der Waals surface area contributed by atoms with Gasteiger partial charge in [-0.2, -0.15) is 0 Å². The van der Waals surface area contributed by atoms with Crippen molar-refractivity contribution in [1.82, 2.24) is 14.9 Å². The Hall–Kier alpha value is -1.73. The van der Waals surface area contributed by atoms with Crippen LogP contribution in [0.1, 0.15) is 62.3 Å². The lowest BCUT2D eigenvalue weighted by atomic mass is 9.89. The summed E-state index contributed by atoms with van der Waals surface area (Å²) >= 11 is 1.63. The molecule has 6 nitrogen and oxygen atoms in total. The highest BCUT2D eigenvalue weighted by molar-refractivity contribution is 7.18. The van der Waals surface area contributed by atoms with Crippen LogP contribution >= 0.6 is 11.3 Å². The molecule has 4 rings (SSSR count). The van der Waals surface area contributed by atoms with Gasteiger partial charge in [-0.15, -0.1) is 11.3 Å². The maximum atomic E-state index is 12.8. The first-order chi connectivity index (χ1) is 12.4. The number of H-pyrrole nitrogens is 1. The first kappa shape index (κ1) is 17.7. The van der Waals surface area contributed by atoms with Gasteiger partial charge in [0.15, 0.2) is 0 Å². The monoisotopic (exact) mass is 375 g/mol. The molecule has 26 heavy (non-hydrogen) atoms. The van der Waals surface area contributed by atoms with E-state index in [1.807, 2.05) is 11.8 Å². The van der Waals surface area contributed by atoms with Crippen LogP contribution in [0.2, 0.25) is 0 Å². The van der Waals surface area contributed by atoms with Gasteiger partial charge in [0.1, 0.15) is 16.7 Å². The summed E-state index contributed by atoms with van der Waals surface area (Å²) in [7, 11) is 0. The van der Waals surface area contributed by atoms with Crippen molar-refractivity contribution in [3.63, 3.8) is 0 Å². The van der Waals surface area contributed by atoms with E-state index in [0.29, 0.717) is 11.7 Å².